The number of hydrogen-bond donors (Lipinski definition) is 3. The van der Waals surface area contributed by atoms with Crippen LogP contribution in [0.4, 0.5) is 11.4 Å². The van der Waals surface area contributed by atoms with Gasteiger partial charge in [0.1, 0.15) is 11.0 Å². The van der Waals surface area contributed by atoms with Crippen molar-refractivity contribution < 1.29 is 26.8 Å². The zero-order chi connectivity index (χ0) is 41.9. The molecule has 0 radical (unpaired) electrons. The minimum Gasteiger partial charge on any atom is -0.411 e. The number of carbonyl (C=O) groups is 1. The van der Waals surface area contributed by atoms with E-state index in [1.165, 1.54) is 52.7 Å². The van der Waals surface area contributed by atoms with Crippen LogP contribution in [0.15, 0.2) is 137 Å². The lowest BCUT2D eigenvalue weighted by Crippen LogP contribution is -2.15. The van der Waals surface area contributed by atoms with Crippen molar-refractivity contribution in [1.29, 1.82) is 0 Å². The molecule has 0 spiro atoms. The molecule has 4 heterocycles. The van der Waals surface area contributed by atoms with Gasteiger partial charge in [0, 0.05) is 28.0 Å². The van der Waals surface area contributed by atoms with Gasteiger partial charge in [-0.05, 0) is 104 Å². The topological polar surface area (TPSA) is 229 Å². The molecule has 21 heteroatoms. The smallest absolute Gasteiger partial charge is 0.261 e. The van der Waals surface area contributed by atoms with Crippen LogP contribution in [-0.2, 0) is 20.0 Å². The highest BCUT2D eigenvalue weighted by Crippen LogP contribution is 2.30. The molecule has 0 saturated carbocycles. The molecular formula is C38H29Cl2N11O6S2. The van der Waals surface area contributed by atoms with Gasteiger partial charge in [-0.1, -0.05) is 63.0 Å². The fourth-order valence-electron chi connectivity index (χ4n) is 5.63. The molecule has 0 aliphatic rings. The van der Waals surface area contributed by atoms with Crippen molar-refractivity contribution in [2.45, 2.75) is 23.6 Å². The number of carbonyl (C=O) groups excluding carboxylic acids is 1. The predicted octanol–water partition coefficient (Wildman–Crippen LogP) is 6.94. The number of aromatic nitrogens is 8. The van der Waals surface area contributed by atoms with Gasteiger partial charge in [-0.2, -0.15) is 0 Å². The molecule has 3 N–H and O–H groups in total. The minimum absolute atomic E-state index is 0.0218. The van der Waals surface area contributed by atoms with Crippen molar-refractivity contribution in [2.75, 3.05) is 9.44 Å². The van der Waals surface area contributed by atoms with Gasteiger partial charge in [0.05, 0.1) is 38.3 Å². The highest BCUT2D eigenvalue weighted by molar-refractivity contribution is 7.93. The van der Waals surface area contributed by atoms with Crippen molar-refractivity contribution in [2.24, 2.45) is 5.16 Å². The number of benzene rings is 4. The largest absolute Gasteiger partial charge is 0.411 e. The van der Waals surface area contributed by atoms with E-state index in [9.17, 15) is 21.6 Å². The van der Waals surface area contributed by atoms with Gasteiger partial charge in [-0.15, -0.1) is 10.2 Å². The summed E-state index contributed by atoms with van der Waals surface area (Å²) in [5.74, 6) is -0.145. The monoisotopic (exact) mass is 869 g/mol. The Kier molecular flexibility index (Phi) is 11.4. The molecule has 0 amide bonds. The zero-order valence-electron chi connectivity index (χ0n) is 30.6. The van der Waals surface area contributed by atoms with E-state index in [1.807, 2.05) is 0 Å². The summed E-state index contributed by atoms with van der Waals surface area (Å²) in [6.07, 6.45) is 3.18. The Morgan fingerprint density at radius 3 is 1.46 bits per heavy atom. The molecule has 8 rings (SSSR count). The summed E-state index contributed by atoms with van der Waals surface area (Å²) in [6, 6.07) is 28.1. The molecule has 0 atom stereocenters. The van der Waals surface area contributed by atoms with E-state index in [1.54, 1.807) is 92.1 Å². The van der Waals surface area contributed by atoms with Crippen LogP contribution < -0.4 is 9.44 Å². The number of hydrogen-bond acceptors (Lipinski definition) is 13. The van der Waals surface area contributed by atoms with Gasteiger partial charge in [0.2, 0.25) is 11.3 Å². The standard InChI is InChI=1S/C19H15ClN6O3S.C19H14ClN5O3S/c1-12(23-27)13-4-7-15(8-5-13)30(28,29)24-16-9-6-14(20)11-18(16)26-17-3-2-10-21-19(17)22-25-26;1-12(26)13-4-7-15(8-5-13)29(27,28)23-16-9-6-14(20)11-18(16)25-17-3-2-10-21-19(17)22-24-25/h2-11,24,27H,1H3;2-11,23H,1H3/b23-12+;. The summed E-state index contributed by atoms with van der Waals surface area (Å²) in [5.41, 5.74) is 4.78. The molecule has 4 aromatic heterocycles. The Balaban J connectivity index is 0.000000179. The molecule has 17 nitrogen and oxygen atoms in total. The van der Waals surface area contributed by atoms with E-state index < -0.39 is 20.0 Å². The average molecular weight is 871 g/mol. The summed E-state index contributed by atoms with van der Waals surface area (Å²) >= 11 is 12.3. The number of ketones is 1. The molecule has 0 aliphatic carbocycles. The first-order chi connectivity index (χ1) is 28.2. The van der Waals surface area contributed by atoms with Gasteiger partial charge >= 0.3 is 0 Å². The van der Waals surface area contributed by atoms with Gasteiger partial charge < -0.3 is 5.21 Å². The van der Waals surface area contributed by atoms with Crippen LogP contribution in [0.5, 0.6) is 0 Å². The molecule has 8 aromatic rings. The molecule has 0 unspecified atom stereocenters. The van der Waals surface area contributed by atoms with Gasteiger partial charge in [0.25, 0.3) is 20.0 Å². The minimum atomic E-state index is -3.92. The third-order valence-corrected chi connectivity index (χ3v) is 11.8. The Morgan fingerprint density at radius 1 is 0.627 bits per heavy atom. The van der Waals surface area contributed by atoms with Crippen LogP contribution >= 0.6 is 23.2 Å². The second-order valence-corrected chi connectivity index (χ2v) is 16.8. The quantitative estimate of drug-likeness (QED) is 0.0550. The summed E-state index contributed by atoms with van der Waals surface area (Å²) in [4.78, 5) is 19.7. The SMILES string of the molecule is C/C(=N\O)c1ccc(S(=O)(=O)Nc2ccc(Cl)cc2-n2nnc3ncccc32)cc1.CC(=O)c1ccc(S(=O)(=O)Nc2ccc(Cl)cc2-n2nnc3ncccc32)cc1. The Morgan fingerprint density at radius 2 is 1.05 bits per heavy atom. The van der Waals surface area contributed by atoms with Crippen LogP contribution in [0.1, 0.15) is 29.8 Å². The first-order valence-electron chi connectivity index (χ1n) is 17.1. The normalized spacial score (nSPS) is 11.9. The number of rotatable bonds is 10. The molecule has 0 bridgehead atoms. The number of pyridine rings is 2. The second kappa shape index (κ2) is 16.6. The van der Waals surface area contributed by atoms with Gasteiger partial charge in [-0.3, -0.25) is 14.2 Å². The predicted molar refractivity (Wildman–Crippen MR) is 222 cm³/mol. The number of nitrogens with zero attached hydrogens (tertiary/aromatic N) is 9. The number of anilines is 2. The fourth-order valence-corrected chi connectivity index (χ4v) is 8.11. The van der Waals surface area contributed by atoms with Crippen molar-refractivity contribution in [3.8, 4) is 11.4 Å². The molecule has 4 aromatic carbocycles. The molecule has 0 fully saturated rings. The lowest BCUT2D eigenvalue weighted by molar-refractivity contribution is 0.101. The second-order valence-electron chi connectivity index (χ2n) is 12.5. The number of nitrogens with one attached hydrogen (secondary N) is 2. The van der Waals surface area contributed by atoms with Crippen molar-refractivity contribution >= 4 is 88.4 Å². The maximum atomic E-state index is 12.9. The first-order valence-corrected chi connectivity index (χ1v) is 20.8. The third kappa shape index (κ3) is 8.72. The number of halogens is 2. The highest BCUT2D eigenvalue weighted by atomic mass is 35.5. The summed E-state index contributed by atoms with van der Waals surface area (Å²) in [5, 5.41) is 28.9. The summed E-state index contributed by atoms with van der Waals surface area (Å²) < 4.78 is 59.7. The van der Waals surface area contributed by atoms with Crippen LogP contribution in [0.25, 0.3) is 33.7 Å². The lowest BCUT2D eigenvalue weighted by Gasteiger charge is -2.13. The Bertz CT molecular complexity index is 3120. The summed E-state index contributed by atoms with van der Waals surface area (Å²) in [6.45, 7) is 3.03. The van der Waals surface area contributed by atoms with Crippen molar-refractivity contribution in [1.82, 2.24) is 40.0 Å². The van der Waals surface area contributed by atoms with E-state index in [0.717, 1.165) is 0 Å². The Hall–Kier alpha value is -6.80. The average Bonchev–Trinajstić information content (AvgIpc) is 3.87. The number of Topliss-reactive ketones (excluding diaryl/α,β-unsaturated/α-hetero) is 1. The number of sulfonamides is 2. The van der Waals surface area contributed by atoms with E-state index in [-0.39, 0.29) is 26.9 Å². The first kappa shape index (κ1) is 40.4. The van der Waals surface area contributed by atoms with Crippen molar-refractivity contribution in [3.05, 3.63) is 143 Å². The van der Waals surface area contributed by atoms with E-state index in [2.05, 4.69) is 45.2 Å². The highest BCUT2D eigenvalue weighted by Gasteiger charge is 2.21. The third-order valence-electron chi connectivity index (χ3n) is 8.61. The summed E-state index contributed by atoms with van der Waals surface area (Å²) in [7, 11) is -7.83. The van der Waals surface area contributed by atoms with E-state index >= 15 is 0 Å². The molecule has 0 aliphatic heterocycles. The van der Waals surface area contributed by atoms with Crippen LogP contribution in [0.3, 0.4) is 0 Å². The van der Waals surface area contributed by atoms with Gasteiger partial charge in [-0.25, -0.2) is 36.2 Å². The maximum absolute atomic E-state index is 12.9. The molecule has 0 saturated heterocycles. The van der Waals surface area contributed by atoms with Gasteiger partial charge in [0.15, 0.2) is 5.78 Å². The van der Waals surface area contributed by atoms with Crippen LogP contribution in [0.2, 0.25) is 10.0 Å². The van der Waals surface area contributed by atoms with Crippen LogP contribution in [0, 0.1) is 0 Å². The van der Waals surface area contributed by atoms with E-state index in [4.69, 9.17) is 28.4 Å². The fraction of sp³-hybridized carbons (Fsp3) is 0.0526. The van der Waals surface area contributed by atoms with Crippen LogP contribution in [-0.4, -0.2) is 73.5 Å². The number of fused-ring (bicyclic) bond motifs is 2. The zero-order valence-corrected chi connectivity index (χ0v) is 33.8. The molecular weight excluding hydrogens is 842 g/mol. The number of oxime groups is 1. The lowest BCUT2D eigenvalue weighted by atomic mass is 10.1. The molecule has 59 heavy (non-hydrogen) atoms. The maximum Gasteiger partial charge on any atom is 0.261 e. The molecule has 298 valence electrons. The Labute approximate surface area is 346 Å². The van der Waals surface area contributed by atoms with E-state index in [0.29, 0.717) is 60.6 Å². The van der Waals surface area contributed by atoms with Crippen molar-refractivity contribution in [3.63, 3.8) is 0 Å².